The summed E-state index contributed by atoms with van der Waals surface area (Å²) in [7, 11) is 3.00. The third-order valence-corrected chi connectivity index (χ3v) is 3.76. The smallest absolute Gasteiger partial charge is 0.366 e. The van der Waals surface area contributed by atoms with Gasteiger partial charge in [0.1, 0.15) is 11.5 Å². The van der Waals surface area contributed by atoms with E-state index in [0.29, 0.717) is 5.75 Å². The minimum Gasteiger partial charge on any atom is -0.497 e. The van der Waals surface area contributed by atoms with Gasteiger partial charge in [-0.05, 0) is 23.8 Å². The number of hydrogen-bond acceptors (Lipinski definition) is 5. The Kier molecular flexibility index (Phi) is 4.30. The van der Waals surface area contributed by atoms with Crippen molar-refractivity contribution in [1.82, 2.24) is 9.30 Å². The Labute approximate surface area is 142 Å². The summed E-state index contributed by atoms with van der Waals surface area (Å²) in [6.45, 7) is 0. The van der Waals surface area contributed by atoms with Crippen molar-refractivity contribution in [3.05, 3.63) is 75.4 Å². The fraction of sp³-hybridized carbons (Fsp3) is 0.111. The number of hydrogen-bond donors (Lipinski definition) is 1. The second-order valence-electron chi connectivity index (χ2n) is 5.30. The van der Waals surface area contributed by atoms with Crippen molar-refractivity contribution in [2.75, 3.05) is 7.11 Å². The largest absolute Gasteiger partial charge is 0.497 e. The molecule has 0 aliphatic heterocycles. The first-order valence-electron chi connectivity index (χ1n) is 7.45. The maximum atomic E-state index is 11.8. The van der Waals surface area contributed by atoms with E-state index in [9.17, 15) is 14.8 Å². The number of rotatable bonds is 4. The molecule has 7 heteroatoms. The summed E-state index contributed by atoms with van der Waals surface area (Å²) in [5, 5.41) is 9.36. The van der Waals surface area contributed by atoms with Crippen molar-refractivity contribution >= 4 is 0 Å². The molecule has 0 atom stereocenters. The summed E-state index contributed by atoms with van der Waals surface area (Å²) in [4.78, 5) is 23.4. The molecule has 1 heterocycles. The molecule has 128 valence electrons. The molecule has 0 fully saturated rings. The number of methoxy groups -OCH3 is 1. The van der Waals surface area contributed by atoms with Crippen molar-refractivity contribution in [3.63, 3.8) is 0 Å². The summed E-state index contributed by atoms with van der Waals surface area (Å²) < 4.78 is 12.0. The molecule has 1 aromatic heterocycles. The number of nitrogens with zero attached hydrogens (tertiary/aromatic N) is 2. The van der Waals surface area contributed by atoms with E-state index in [1.807, 2.05) is 36.4 Å². The normalized spacial score (nSPS) is 10.5. The van der Waals surface area contributed by atoms with Crippen LogP contribution in [0.1, 0.15) is 0 Å². The van der Waals surface area contributed by atoms with Gasteiger partial charge in [0, 0.05) is 12.6 Å². The van der Waals surface area contributed by atoms with Gasteiger partial charge in [0.25, 0.3) is 5.56 Å². The molecular formula is C18H16N2O5. The molecule has 0 radical (unpaired) electrons. The van der Waals surface area contributed by atoms with Crippen LogP contribution in [0, 0.1) is 0 Å². The maximum absolute atomic E-state index is 11.8. The van der Waals surface area contributed by atoms with Crippen LogP contribution in [0.5, 0.6) is 17.4 Å². The van der Waals surface area contributed by atoms with Crippen LogP contribution < -0.4 is 20.7 Å². The van der Waals surface area contributed by atoms with Crippen LogP contribution >= 0.6 is 0 Å². The lowest BCUT2D eigenvalue weighted by molar-refractivity contribution is 0.153. The van der Waals surface area contributed by atoms with Gasteiger partial charge < -0.3 is 14.7 Å². The van der Waals surface area contributed by atoms with Gasteiger partial charge >= 0.3 is 5.69 Å². The van der Waals surface area contributed by atoms with Gasteiger partial charge in [-0.1, -0.05) is 35.1 Å². The van der Waals surface area contributed by atoms with Gasteiger partial charge in [-0.3, -0.25) is 9.36 Å². The summed E-state index contributed by atoms with van der Waals surface area (Å²) in [6.07, 6.45) is 0. The molecule has 0 spiro atoms. The summed E-state index contributed by atoms with van der Waals surface area (Å²) in [5.74, 6) is 1.23. The molecule has 0 bridgehead atoms. The molecule has 7 nitrogen and oxygen atoms in total. The van der Waals surface area contributed by atoms with E-state index in [-0.39, 0.29) is 10.6 Å². The molecule has 25 heavy (non-hydrogen) atoms. The molecule has 0 aliphatic carbocycles. The van der Waals surface area contributed by atoms with E-state index in [4.69, 9.17) is 9.47 Å². The van der Waals surface area contributed by atoms with Crippen molar-refractivity contribution in [2.24, 2.45) is 7.05 Å². The summed E-state index contributed by atoms with van der Waals surface area (Å²) in [5.41, 5.74) is -0.0767. The highest BCUT2D eigenvalue weighted by Gasteiger charge is 2.12. The van der Waals surface area contributed by atoms with Gasteiger partial charge in [-0.2, -0.15) is 0 Å². The first kappa shape index (κ1) is 16.4. The topological polar surface area (TPSA) is 82.7 Å². The average molecular weight is 340 g/mol. The Morgan fingerprint density at radius 3 is 2.36 bits per heavy atom. The first-order chi connectivity index (χ1) is 12.0. The number of para-hydroxylation sites is 1. The molecule has 3 rings (SSSR count). The predicted molar refractivity (Wildman–Crippen MR) is 91.6 cm³/mol. The third-order valence-electron chi connectivity index (χ3n) is 3.76. The van der Waals surface area contributed by atoms with Gasteiger partial charge in [-0.15, -0.1) is 0 Å². The number of aromatic nitrogens is 2. The van der Waals surface area contributed by atoms with E-state index < -0.39 is 11.2 Å². The van der Waals surface area contributed by atoms with Crippen molar-refractivity contribution in [2.45, 2.75) is 0 Å². The highest BCUT2D eigenvalue weighted by atomic mass is 16.5. The lowest BCUT2D eigenvalue weighted by atomic mass is 10.0. The van der Waals surface area contributed by atoms with E-state index in [1.54, 1.807) is 19.2 Å². The SMILES string of the molecule is COc1ccc(-c2ccccc2Oc2cc(=O)n(O)c(=O)n2C)cc1. The van der Waals surface area contributed by atoms with Crippen molar-refractivity contribution in [1.29, 1.82) is 0 Å². The van der Waals surface area contributed by atoms with E-state index >= 15 is 0 Å². The minimum absolute atomic E-state index is 0.0289. The molecular weight excluding hydrogens is 324 g/mol. The Bertz CT molecular complexity index is 1020. The molecule has 0 amide bonds. The van der Waals surface area contributed by atoms with Crippen LogP contribution in [0.25, 0.3) is 11.1 Å². The molecule has 0 saturated heterocycles. The summed E-state index contributed by atoms with van der Waals surface area (Å²) >= 11 is 0. The van der Waals surface area contributed by atoms with E-state index in [1.165, 1.54) is 7.05 Å². The fourth-order valence-corrected chi connectivity index (χ4v) is 2.37. The molecule has 0 unspecified atom stereocenters. The van der Waals surface area contributed by atoms with Crippen LogP contribution in [-0.4, -0.2) is 21.6 Å². The number of benzene rings is 2. The van der Waals surface area contributed by atoms with Gasteiger partial charge in [0.15, 0.2) is 0 Å². The van der Waals surface area contributed by atoms with Crippen LogP contribution in [0.15, 0.2) is 64.2 Å². The van der Waals surface area contributed by atoms with Crippen LogP contribution in [0.4, 0.5) is 0 Å². The Balaban J connectivity index is 2.05. The molecule has 0 aliphatic rings. The fourth-order valence-electron chi connectivity index (χ4n) is 2.37. The van der Waals surface area contributed by atoms with Crippen molar-refractivity contribution < 1.29 is 14.7 Å². The highest BCUT2D eigenvalue weighted by Crippen LogP contribution is 2.33. The lowest BCUT2D eigenvalue weighted by Gasteiger charge is -2.14. The quantitative estimate of drug-likeness (QED) is 0.737. The standard InChI is InChI=1S/C18H16N2O5/c1-19-17(11-16(21)20(23)18(19)22)25-15-6-4-3-5-14(15)12-7-9-13(24-2)10-8-12/h3-11,23H,1-2H3. The Hall–Kier alpha value is -3.48. The second-order valence-corrected chi connectivity index (χ2v) is 5.30. The minimum atomic E-state index is -0.885. The first-order valence-corrected chi connectivity index (χ1v) is 7.45. The highest BCUT2D eigenvalue weighted by molar-refractivity contribution is 5.71. The lowest BCUT2D eigenvalue weighted by Crippen LogP contribution is -2.37. The second kappa shape index (κ2) is 6.56. The van der Waals surface area contributed by atoms with Gasteiger partial charge in [0.2, 0.25) is 5.88 Å². The Morgan fingerprint density at radius 2 is 1.68 bits per heavy atom. The monoisotopic (exact) mass is 340 g/mol. The third kappa shape index (κ3) is 3.12. The average Bonchev–Trinajstić information content (AvgIpc) is 2.65. The zero-order valence-corrected chi connectivity index (χ0v) is 13.7. The molecule has 3 aromatic rings. The molecule has 0 saturated carbocycles. The maximum Gasteiger partial charge on any atom is 0.366 e. The Morgan fingerprint density at radius 1 is 1.00 bits per heavy atom. The van der Waals surface area contributed by atoms with E-state index in [0.717, 1.165) is 27.5 Å². The van der Waals surface area contributed by atoms with Crippen molar-refractivity contribution in [3.8, 4) is 28.5 Å². The number of ether oxygens (including phenoxy) is 2. The van der Waals surface area contributed by atoms with Gasteiger partial charge in [0.05, 0.1) is 13.2 Å². The van der Waals surface area contributed by atoms with Crippen LogP contribution in [0.2, 0.25) is 0 Å². The predicted octanol–water partition coefficient (Wildman–Crippen LogP) is 2.25. The summed E-state index contributed by atoms with van der Waals surface area (Å²) in [6, 6.07) is 15.7. The van der Waals surface area contributed by atoms with E-state index in [2.05, 4.69) is 0 Å². The zero-order chi connectivity index (χ0) is 18.0. The molecule has 1 N–H and O–H groups in total. The van der Waals surface area contributed by atoms with Crippen LogP contribution in [-0.2, 0) is 7.05 Å². The zero-order valence-electron chi connectivity index (χ0n) is 13.7. The van der Waals surface area contributed by atoms with Crippen LogP contribution in [0.3, 0.4) is 0 Å². The van der Waals surface area contributed by atoms with Gasteiger partial charge in [-0.25, -0.2) is 4.79 Å². The molecule has 2 aromatic carbocycles.